The van der Waals surface area contributed by atoms with Crippen LogP contribution in [0.1, 0.15) is 24.1 Å². The first kappa shape index (κ1) is 17.0. The quantitative estimate of drug-likeness (QED) is 0.553. The van der Waals surface area contributed by atoms with Crippen molar-refractivity contribution in [1.29, 1.82) is 0 Å². The van der Waals surface area contributed by atoms with Crippen molar-refractivity contribution >= 4 is 16.7 Å². The monoisotopic (exact) mass is 332 g/mol. The van der Waals surface area contributed by atoms with Crippen LogP contribution in [0.15, 0.2) is 71.9 Å². The number of fused-ring (bicyclic) bond motifs is 1. The molecule has 0 spiro atoms. The SMILES string of the molecule is CN=C(NCc1nccc2ccccc12)NCC(C)c1ccccc1. The summed E-state index contributed by atoms with van der Waals surface area (Å²) >= 11 is 0. The minimum absolute atomic E-state index is 0.412. The van der Waals surface area contributed by atoms with Crippen molar-refractivity contribution in [2.24, 2.45) is 4.99 Å². The molecule has 25 heavy (non-hydrogen) atoms. The summed E-state index contributed by atoms with van der Waals surface area (Å²) in [5, 5.41) is 9.13. The fourth-order valence-electron chi connectivity index (χ4n) is 2.86. The summed E-state index contributed by atoms with van der Waals surface area (Å²) in [4.78, 5) is 8.83. The Morgan fingerprint density at radius 1 is 1.00 bits per heavy atom. The van der Waals surface area contributed by atoms with E-state index in [1.807, 2.05) is 30.5 Å². The van der Waals surface area contributed by atoms with Gasteiger partial charge in [-0.3, -0.25) is 9.98 Å². The van der Waals surface area contributed by atoms with E-state index in [9.17, 15) is 0 Å². The van der Waals surface area contributed by atoms with Gasteiger partial charge in [-0.1, -0.05) is 61.5 Å². The molecule has 0 aliphatic heterocycles. The highest BCUT2D eigenvalue weighted by atomic mass is 15.2. The Morgan fingerprint density at radius 3 is 2.56 bits per heavy atom. The smallest absolute Gasteiger partial charge is 0.191 e. The second kappa shape index (κ2) is 8.29. The normalized spacial score (nSPS) is 12.8. The molecule has 4 heteroatoms. The number of rotatable bonds is 5. The fraction of sp³-hybridized carbons (Fsp3) is 0.238. The molecule has 1 heterocycles. The first-order valence-corrected chi connectivity index (χ1v) is 8.60. The zero-order valence-electron chi connectivity index (χ0n) is 14.7. The number of benzene rings is 2. The average molecular weight is 332 g/mol. The maximum absolute atomic E-state index is 4.51. The van der Waals surface area contributed by atoms with Crippen molar-refractivity contribution in [3.05, 3.63) is 78.1 Å². The molecule has 1 unspecified atom stereocenters. The van der Waals surface area contributed by atoms with E-state index < -0.39 is 0 Å². The van der Waals surface area contributed by atoms with Crippen LogP contribution < -0.4 is 10.6 Å². The first-order valence-electron chi connectivity index (χ1n) is 8.60. The van der Waals surface area contributed by atoms with Crippen molar-refractivity contribution in [3.63, 3.8) is 0 Å². The van der Waals surface area contributed by atoms with Crippen LogP contribution in [0.2, 0.25) is 0 Å². The maximum Gasteiger partial charge on any atom is 0.191 e. The number of hydrogen-bond acceptors (Lipinski definition) is 2. The summed E-state index contributed by atoms with van der Waals surface area (Å²) in [7, 11) is 1.79. The van der Waals surface area contributed by atoms with Gasteiger partial charge >= 0.3 is 0 Å². The van der Waals surface area contributed by atoms with Gasteiger partial charge in [0.05, 0.1) is 12.2 Å². The predicted octanol–water partition coefficient (Wildman–Crippen LogP) is 3.70. The zero-order valence-corrected chi connectivity index (χ0v) is 14.7. The first-order chi connectivity index (χ1) is 12.3. The number of aliphatic imine (C=N–C) groups is 1. The molecular weight excluding hydrogens is 308 g/mol. The molecule has 3 aromatic rings. The number of nitrogens with one attached hydrogen (secondary N) is 2. The van der Waals surface area contributed by atoms with Crippen LogP contribution in [0.25, 0.3) is 10.8 Å². The Labute approximate surface area is 149 Å². The summed E-state index contributed by atoms with van der Waals surface area (Å²) in [5.74, 6) is 1.20. The molecule has 3 rings (SSSR count). The molecule has 1 atom stereocenters. The minimum Gasteiger partial charge on any atom is -0.356 e. The van der Waals surface area contributed by atoms with Crippen molar-refractivity contribution in [3.8, 4) is 0 Å². The lowest BCUT2D eigenvalue weighted by Gasteiger charge is -2.16. The molecule has 128 valence electrons. The van der Waals surface area contributed by atoms with Gasteiger partial charge in [0, 0.05) is 25.2 Å². The Hall–Kier alpha value is -2.88. The van der Waals surface area contributed by atoms with E-state index in [4.69, 9.17) is 0 Å². The highest BCUT2D eigenvalue weighted by Crippen LogP contribution is 2.16. The molecule has 0 amide bonds. The van der Waals surface area contributed by atoms with E-state index >= 15 is 0 Å². The van der Waals surface area contributed by atoms with Gasteiger partial charge in [-0.05, 0) is 22.9 Å². The summed E-state index contributed by atoms with van der Waals surface area (Å²) in [6, 6.07) is 20.8. The highest BCUT2D eigenvalue weighted by Gasteiger charge is 2.07. The number of guanidine groups is 1. The van der Waals surface area contributed by atoms with E-state index in [2.05, 4.69) is 63.9 Å². The second-order valence-corrected chi connectivity index (χ2v) is 6.10. The molecule has 0 saturated heterocycles. The van der Waals surface area contributed by atoms with Crippen LogP contribution in [0, 0.1) is 0 Å². The van der Waals surface area contributed by atoms with E-state index in [0.717, 1.165) is 18.2 Å². The van der Waals surface area contributed by atoms with Crippen LogP contribution in [0.5, 0.6) is 0 Å². The minimum atomic E-state index is 0.412. The van der Waals surface area contributed by atoms with Gasteiger partial charge in [-0.2, -0.15) is 0 Å². The van der Waals surface area contributed by atoms with Gasteiger partial charge in [0.15, 0.2) is 5.96 Å². The number of nitrogens with zero attached hydrogens (tertiary/aromatic N) is 2. The molecule has 2 N–H and O–H groups in total. The molecule has 0 aliphatic carbocycles. The number of pyridine rings is 1. The zero-order chi connectivity index (χ0) is 17.5. The molecule has 0 aliphatic rings. The third kappa shape index (κ3) is 4.35. The topological polar surface area (TPSA) is 49.3 Å². The predicted molar refractivity (Wildman–Crippen MR) is 105 cm³/mol. The Morgan fingerprint density at radius 2 is 1.76 bits per heavy atom. The van der Waals surface area contributed by atoms with Crippen molar-refractivity contribution in [2.45, 2.75) is 19.4 Å². The van der Waals surface area contributed by atoms with E-state index in [0.29, 0.717) is 12.5 Å². The molecule has 2 aromatic carbocycles. The third-order valence-corrected chi connectivity index (χ3v) is 4.35. The van der Waals surface area contributed by atoms with Crippen LogP contribution >= 0.6 is 0 Å². The van der Waals surface area contributed by atoms with Crippen LogP contribution in [-0.2, 0) is 6.54 Å². The lowest BCUT2D eigenvalue weighted by Crippen LogP contribution is -2.38. The summed E-state index contributed by atoms with van der Waals surface area (Å²) < 4.78 is 0. The molecule has 0 radical (unpaired) electrons. The molecule has 1 aromatic heterocycles. The Kier molecular flexibility index (Phi) is 5.62. The number of aromatic nitrogens is 1. The van der Waals surface area contributed by atoms with Crippen LogP contribution in [0.3, 0.4) is 0 Å². The van der Waals surface area contributed by atoms with Gasteiger partial charge in [-0.15, -0.1) is 0 Å². The van der Waals surface area contributed by atoms with Gasteiger partial charge in [-0.25, -0.2) is 0 Å². The fourth-order valence-corrected chi connectivity index (χ4v) is 2.86. The highest BCUT2D eigenvalue weighted by molar-refractivity contribution is 5.85. The molecule has 0 saturated carbocycles. The Balaban J connectivity index is 1.59. The van der Waals surface area contributed by atoms with Crippen molar-refractivity contribution in [2.75, 3.05) is 13.6 Å². The standard InChI is InChI=1S/C21H24N4/c1-16(17-8-4-3-5-9-17)14-24-21(22-2)25-15-20-19-11-7-6-10-18(19)12-13-23-20/h3-13,16H,14-15H2,1-2H3,(H2,22,24,25). The third-order valence-electron chi connectivity index (χ3n) is 4.35. The maximum atomic E-state index is 4.51. The van der Waals surface area contributed by atoms with Crippen molar-refractivity contribution < 1.29 is 0 Å². The van der Waals surface area contributed by atoms with Crippen molar-refractivity contribution in [1.82, 2.24) is 15.6 Å². The summed E-state index contributed by atoms with van der Waals surface area (Å²) in [6.45, 7) is 3.68. The molecular formula is C21H24N4. The van der Waals surface area contributed by atoms with Gasteiger partial charge in [0.25, 0.3) is 0 Å². The number of hydrogen-bond donors (Lipinski definition) is 2. The second-order valence-electron chi connectivity index (χ2n) is 6.10. The molecule has 0 bridgehead atoms. The van der Waals surface area contributed by atoms with E-state index in [1.54, 1.807) is 7.05 Å². The molecule has 0 fully saturated rings. The summed E-state index contributed by atoms with van der Waals surface area (Å²) in [5.41, 5.74) is 2.35. The lowest BCUT2D eigenvalue weighted by molar-refractivity contribution is 0.697. The van der Waals surface area contributed by atoms with E-state index in [-0.39, 0.29) is 0 Å². The van der Waals surface area contributed by atoms with Gasteiger partial charge in [0.1, 0.15) is 0 Å². The lowest BCUT2D eigenvalue weighted by atomic mass is 10.0. The largest absolute Gasteiger partial charge is 0.356 e. The molecule has 4 nitrogen and oxygen atoms in total. The van der Waals surface area contributed by atoms with Gasteiger partial charge < -0.3 is 10.6 Å². The summed E-state index contributed by atoms with van der Waals surface area (Å²) in [6.07, 6.45) is 1.85. The van der Waals surface area contributed by atoms with Gasteiger partial charge in [0.2, 0.25) is 0 Å². The Bertz CT molecular complexity index is 837. The average Bonchev–Trinajstić information content (AvgIpc) is 2.68. The van der Waals surface area contributed by atoms with E-state index in [1.165, 1.54) is 16.3 Å². The van der Waals surface area contributed by atoms with Crippen LogP contribution in [-0.4, -0.2) is 24.5 Å². The van der Waals surface area contributed by atoms with Crippen LogP contribution in [0.4, 0.5) is 0 Å².